The lowest BCUT2D eigenvalue weighted by molar-refractivity contribution is 0.0452. The summed E-state index contributed by atoms with van der Waals surface area (Å²) in [5.41, 5.74) is 6.51. The molecule has 0 bridgehead atoms. The number of hydrogen-bond acceptors (Lipinski definition) is 4. The van der Waals surface area contributed by atoms with Crippen molar-refractivity contribution in [1.82, 2.24) is 19.6 Å². The minimum Gasteiger partial charge on any atom is -0.383 e. The average Bonchev–Trinajstić information content (AvgIpc) is 2.68. The predicted molar refractivity (Wildman–Crippen MR) is 74.8 cm³/mol. The molecule has 19 heavy (non-hydrogen) atoms. The van der Waals surface area contributed by atoms with Gasteiger partial charge in [-0.25, -0.2) is 0 Å². The summed E-state index contributed by atoms with van der Waals surface area (Å²) < 4.78 is 1.53. The highest BCUT2D eigenvalue weighted by atomic mass is 16.2. The summed E-state index contributed by atoms with van der Waals surface area (Å²) in [4.78, 5) is 16.6. The number of piperazine rings is 1. The second-order valence-corrected chi connectivity index (χ2v) is 6.02. The number of amides is 1. The number of aryl methyl sites for hydroxylation is 1. The first-order chi connectivity index (χ1) is 8.80. The first-order valence-electron chi connectivity index (χ1n) is 6.62. The van der Waals surface area contributed by atoms with Crippen LogP contribution in [-0.4, -0.2) is 57.2 Å². The van der Waals surface area contributed by atoms with Crippen LogP contribution < -0.4 is 5.73 Å². The molecule has 0 saturated carbocycles. The predicted octanol–water partition coefficient (Wildman–Crippen LogP) is 0.559. The van der Waals surface area contributed by atoms with Crippen molar-refractivity contribution in [3.05, 3.63) is 11.8 Å². The molecule has 0 spiro atoms. The summed E-state index contributed by atoms with van der Waals surface area (Å²) in [7, 11) is 1.74. The minimum absolute atomic E-state index is 0.0147. The monoisotopic (exact) mass is 265 g/mol. The Morgan fingerprint density at radius 3 is 2.26 bits per heavy atom. The van der Waals surface area contributed by atoms with E-state index in [1.54, 1.807) is 13.2 Å². The number of anilines is 1. The first kappa shape index (κ1) is 13.9. The van der Waals surface area contributed by atoms with Crippen molar-refractivity contribution in [2.24, 2.45) is 7.05 Å². The van der Waals surface area contributed by atoms with Crippen LogP contribution in [0.15, 0.2) is 6.20 Å². The fraction of sp³-hybridized carbons (Fsp3) is 0.692. The van der Waals surface area contributed by atoms with Crippen LogP contribution in [0.2, 0.25) is 0 Å². The Kier molecular flexibility index (Phi) is 3.54. The molecule has 0 aromatic carbocycles. The SMILES string of the molecule is Cn1ncc(C(=O)N2CCN(C(C)(C)C)CC2)c1N. The van der Waals surface area contributed by atoms with Gasteiger partial charge >= 0.3 is 0 Å². The number of nitrogen functional groups attached to an aromatic ring is 1. The maximum atomic E-state index is 12.4. The number of nitrogens with zero attached hydrogens (tertiary/aromatic N) is 4. The molecule has 1 saturated heterocycles. The van der Waals surface area contributed by atoms with Crippen LogP contribution in [-0.2, 0) is 7.05 Å². The summed E-state index contributed by atoms with van der Waals surface area (Å²) >= 11 is 0. The van der Waals surface area contributed by atoms with Crippen molar-refractivity contribution in [2.45, 2.75) is 26.3 Å². The van der Waals surface area contributed by atoms with Gasteiger partial charge in [-0.3, -0.25) is 14.4 Å². The van der Waals surface area contributed by atoms with Crippen LogP contribution in [0.4, 0.5) is 5.82 Å². The third-order valence-corrected chi connectivity index (χ3v) is 3.73. The number of nitrogens with two attached hydrogens (primary N) is 1. The zero-order valence-corrected chi connectivity index (χ0v) is 12.2. The van der Waals surface area contributed by atoms with E-state index in [0.29, 0.717) is 11.4 Å². The van der Waals surface area contributed by atoms with Gasteiger partial charge in [-0.05, 0) is 20.8 Å². The Morgan fingerprint density at radius 1 is 1.26 bits per heavy atom. The maximum Gasteiger partial charge on any atom is 0.259 e. The van der Waals surface area contributed by atoms with E-state index in [4.69, 9.17) is 5.73 Å². The zero-order chi connectivity index (χ0) is 14.2. The Labute approximate surface area is 114 Å². The molecule has 1 fully saturated rings. The second kappa shape index (κ2) is 4.85. The molecular formula is C13H23N5O. The third kappa shape index (κ3) is 2.73. The van der Waals surface area contributed by atoms with Crippen molar-refractivity contribution in [3.63, 3.8) is 0 Å². The average molecular weight is 265 g/mol. The van der Waals surface area contributed by atoms with Crippen molar-refractivity contribution in [3.8, 4) is 0 Å². The molecule has 106 valence electrons. The van der Waals surface area contributed by atoms with Gasteiger partial charge in [0.15, 0.2) is 0 Å². The molecule has 6 nitrogen and oxygen atoms in total. The molecular weight excluding hydrogens is 242 g/mol. The summed E-state index contributed by atoms with van der Waals surface area (Å²) in [6.07, 6.45) is 1.55. The van der Waals surface area contributed by atoms with Gasteiger partial charge in [0.05, 0.1) is 6.20 Å². The molecule has 1 aliphatic rings. The summed E-state index contributed by atoms with van der Waals surface area (Å²) in [6, 6.07) is 0. The molecule has 0 aliphatic carbocycles. The third-order valence-electron chi connectivity index (χ3n) is 3.73. The van der Waals surface area contributed by atoms with E-state index in [2.05, 4.69) is 30.8 Å². The first-order valence-corrected chi connectivity index (χ1v) is 6.62. The van der Waals surface area contributed by atoms with Crippen LogP contribution in [0.5, 0.6) is 0 Å². The maximum absolute atomic E-state index is 12.4. The highest BCUT2D eigenvalue weighted by molar-refractivity contribution is 5.98. The lowest BCUT2D eigenvalue weighted by Gasteiger charge is -2.42. The van der Waals surface area contributed by atoms with Gasteiger partial charge in [0, 0.05) is 38.8 Å². The highest BCUT2D eigenvalue weighted by Gasteiger charge is 2.29. The van der Waals surface area contributed by atoms with Gasteiger partial charge in [0.1, 0.15) is 11.4 Å². The molecule has 1 aromatic heterocycles. The number of hydrogen-bond donors (Lipinski definition) is 1. The van der Waals surface area contributed by atoms with Crippen molar-refractivity contribution in [1.29, 1.82) is 0 Å². The number of aromatic nitrogens is 2. The lowest BCUT2D eigenvalue weighted by atomic mass is 10.0. The van der Waals surface area contributed by atoms with Gasteiger partial charge in [0.25, 0.3) is 5.91 Å². The smallest absolute Gasteiger partial charge is 0.259 e. The molecule has 2 heterocycles. The van der Waals surface area contributed by atoms with E-state index in [-0.39, 0.29) is 11.4 Å². The zero-order valence-electron chi connectivity index (χ0n) is 12.2. The molecule has 1 amide bonds. The fourth-order valence-electron chi connectivity index (χ4n) is 2.36. The van der Waals surface area contributed by atoms with E-state index in [0.717, 1.165) is 26.2 Å². The molecule has 2 rings (SSSR count). The van der Waals surface area contributed by atoms with E-state index in [1.165, 1.54) is 4.68 Å². The lowest BCUT2D eigenvalue weighted by Crippen LogP contribution is -2.54. The fourth-order valence-corrected chi connectivity index (χ4v) is 2.36. The topological polar surface area (TPSA) is 67.4 Å². The molecule has 1 aliphatic heterocycles. The summed E-state index contributed by atoms with van der Waals surface area (Å²) in [6.45, 7) is 9.87. The van der Waals surface area contributed by atoms with Gasteiger partial charge in [-0.15, -0.1) is 0 Å². The Hall–Kier alpha value is -1.56. The number of carbonyl (C=O) groups is 1. The Bertz CT molecular complexity index is 466. The summed E-state index contributed by atoms with van der Waals surface area (Å²) in [5.74, 6) is 0.419. The van der Waals surface area contributed by atoms with Gasteiger partial charge < -0.3 is 10.6 Å². The largest absolute Gasteiger partial charge is 0.383 e. The van der Waals surface area contributed by atoms with Gasteiger partial charge in [0.2, 0.25) is 0 Å². The van der Waals surface area contributed by atoms with Crippen LogP contribution in [0.3, 0.4) is 0 Å². The van der Waals surface area contributed by atoms with Crippen molar-refractivity contribution < 1.29 is 4.79 Å². The van der Waals surface area contributed by atoms with E-state index in [9.17, 15) is 4.79 Å². The summed E-state index contributed by atoms with van der Waals surface area (Å²) in [5, 5.41) is 4.02. The van der Waals surface area contributed by atoms with Gasteiger partial charge in [-0.2, -0.15) is 5.10 Å². The minimum atomic E-state index is -0.0147. The Balaban J connectivity index is 2.02. The van der Waals surface area contributed by atoms with E-state index in [1.807, 2.05) is 4.90 Å². The Morgan fingerprint density at radius 2 is 1.84 bits per heavy atom. The van der Waals surface area contributed by atoms with Gasteiger partial charge in [-0.1, -0.05) is 0 Å². The quantitative estimate of drug-likeness (QED) is 0.805. The van der Waals surface area contributed by atoms with Crippen LogP contribution in [0, 0.1) is 0 Å². The second-order valence-electron chi connectivity index (χ2n) is 6.02. The molecule has 0 atom stereocenters. The number of rotatable bonds is 1. The molecule has 0 unspecified atom stereocenters. The molecule has 1 aromatic rings. The highest BCUT2D eigenvalue weighted by Crippen LogP contribution is 2.18. The van der Waals surface area contributed by atoms with Crippen LogP contribution in [0.1, 0.15) is 31.1 Å². The standard InChI is InChI=1S/C13H23N5O/c1-13(2,3)18-7-5-17(6-8-18)12(19)10-9-15-16(4)11(10)14/h9H,5-8,14H2,1-4H3. The molecule has 6 heteroatoms. The molecule has 2 N–H and O–H groups in total. The van der Waals surface area contributed by atoms with Crippen molar-refractivity contribution in [2.75, 3.05) is 31.9 Å². The molecule has 0 radical (unpaired) electrons. The van der Waals surface area contributed by atoms with Crippen LogP contribution >= 0.6 is 0 Å². The van der Waals surface area contributed by atoms with E-state index >= 15 is 0 Å². The normalized spacial score (nSPS) is 17.8. The van der Waals surface area contributed by atoms with E-state index < -0.39 is 0 Å². The number of carbonyl (C=O) groups excluding carboxylic acids is 1. The van der Waals surface area contributed by atoms with Crippen molar-refractivity contribution >= 4 is 11.7 Å². The van der Waals surface area contributed by atoms with Crippen LogP contribution in [0.25, 0.3) is 0 Å².